The van der Waals surface area contributed by atoms with Gasteiger partial charge in [-0.1, -0.05) is 5.16 Å². The van der Waals surface area contributed by atoms with E-state index in [9.17, 15) is 4.39 Å². The Morgan fingerprint density at radius 2 is 1.81 bits per heavy atom. The Balaban J connectivity index is 1.69. The molecule has 1 aromatic carbocycles. The van der Waals surface area contributed by atoms with E-state index in [1.165, 1.54) is 18.4 Å². The van der Waals surface area contributed by atoms with Crippen LogP contribution in [0, 0.1) is 5.82 Å². The fourth-order valence-corrected chi connectivity index (χ4v) is 2.23. The summed E-state index contributed by atoms with van der Waals surface area (Å²) in [5.74, 6) is 0.802. The van der Waals surface area contributed by atoms with E-state index in [0.29, 0.717) is 11.4 Å². The quantitative estimate of drug-likeness (QED) is 0.590. The van der Waals surface area contributed by atoms with Gasteiger partial charge in [-0.2, -0.15) is 19.9 Å². The van der Waals surface area contributed by atoms with Gasteiger partial charge in [0.2, 0.25) is 23.5 Å². The van der Waals surface area contributed by atoms with Crippen molar-refractivity contribution >= 4 is 17.6 Å². The Morgan fingerprint density at radius 1 is 1.00 bits per heavy atom. The molecule has 4 aromatic rings. The van der Waals surface area contributed by atoms with Crippen LogP contribution in [0.5, 0.6) is 0 Å². The first-order valence-corrected chi connectivity index (χ1v) is 7.49. The van der Waals surface area contributed by atoms with Gasteiger partial charge in [-0.3, -0.25) is 0 Å². The van der Waals surface area contributed by atoms with Crippen molar-refractivity contribution in [3.63, 3.8) is 0 Å². The van der Waals surface area contributed by atoms with E-state index in [0.717, 1.165) is 0 Å². The van der Waals surface area contributed by atoms with E-state index in [4.69, 9.17) is 14.7 Å². The molecule has 26 heavy (non-hydrogen) atoms. The zero-order valence-electron chi connectivity index (χ0n) is 13.5. The minimum atomic E-state index is -0.338. The van der Waals surface area contributed by atoms with Crippen LogP contribution >= 0.6 is 0 Å². The predicted molar refractivity (Wildman–Crippen MR) is 89.7 cm³/mol. The van der Waals surface area contributed by atoms with Crippen LogP contribution in [0.2, 0.25) is 0 Å². The van der Waals surface area contributed by atoms with Gasteiger partial charge in [-0.25, -0.2) is 4.39 Å². The van der Waals surface area contributed by atoms with Gasteiger partial charge in [-0.15, -0.1) is 0 Å². The van der Waals surface area contributed by atoms with Crippen molar-refractivity contribution in [3.05, 3.63) is 48.5 Å². The lowest BCUT2D eigenvalue weighted by molar-refractivity contribution is 0.416. The molecule has 130 valence electrons. The topological polar surface area (TPSA) is 120 Å². The highest BCUT2D eigenvalue weighted by atomic mass is 19.1. The van der Waals surface area contributed by atoms with Crippen molar-refractivity contribution in [2.24, 2.45) is 0 Å². The van der Waals surface area contributed by atoms with Gasteiger partial charge >= 0.3 is 0 Å². The highest BCUT2D eigenvalue weighted by Gasteiger charge is 2.18. The Hall–Kier alpha value is -3.82. The summed E-state index contributed by atoms with van der Waals surface area (Å²) in [6.07, 6.45) is 1.50. The molecule has 0 unspecified atom stereocenters. The predicted octanol–water partition coefficient (Wildman–Crippen LogP) is 2.67. The summed E-state index contributed by atoms with van der Waals surface area (Å²) >= 11 is 0. The van der Waals surface area contributed by atoms with E-state index in [1.807, 2.05) is 0 Å². The number of aromatic nitrogens is 5. The SMILES string of the molecule is CN(c1ccc(F)cc1)c1nc(N)nc(-c2noc(-c3ccco3)n2)n1. The number of hydrogen-bond donors (Lipinski definition) is 1. The van der Waals surface area contributed by atoms with Crippen LogP contribution in [0.3, 0.4) is 0 Å². The van der Waals surface area contributed by atoms with Crippen LogP contribution in [-0.4, -0.2) is 32.1 Å². The molecule has 4 rings (SSSR count). The number of furan rings is 1. The lowest BCUT2D eigenvalue weighted by Gasteiger charge is -2.17. The zero-order chi connectivity index (χ0) is 18.1. The number of hydrogen-bond acceptors (Lipinski definition) is 9. The lowest BCUT2D eigenvalue weighted by Crippen LogP contribution is -2.15. The molecule has 0 saturated carbocycles. The summed E-state index contributed by atoms with van der Waals surface area (Å²) < 4.78 is 23.5. The fourth-order valence-electron chi connectivity index (χ4n) is 2.23. The van der Waals surface area contributed by atoms with Gasteiger partial charge in [0.1, 0.15) is 5.82 Å². The Morgan fingerprint density at radius 3 is 2.54 bits per heavy atom. The van der Waals surface area contributed by atoms with Crippen LogP contribution in [0.1, 0.15) is 0 Å². The normalized spacial score (nSPS) is 10.8. The maximum absolute atomic E-state index is 13.1. The molecular formula is C16H12FN7O2. The first kappa shape index (κ1) is 15.7. The summed E-state index contributed by atoms with van der Waals surface area (Å²) in [4.78, 5) is 18.3. The number of benzene rings is 1. The summed E-state index contributed by atoms with van der Waals surface area (Å²) in [7, 11) is 1.72. The van der Waals surface area contributed by atoms with Gasteiger partial charge in [-0.05, 0) is 36.4 Å². The molecule has 0 spiro atoms. The van der Waals surface area contributed by atoms with E-state index in [2.05, 4.69) is 25.1 Å². The average Bonchev–Trinajstić information content (AvgIpc) is 3.32. The third-order valence-corrected chi connectivity index (χ3v) is 3.51. The highest BCUT2D eigenvalue weighted by Crippen LogP contribution is 2.24. The molecule has 2 N–H and O–H groups in total. The standard InChI is InChI=1S/C16H12FN7O2/c1-24(10-6-4-9(17)5-7-10)16-21-12(20-15(18)22-16)13-19-14(26-23-13)11-3-2-8-25-11/h2-8H,1H3,(H2,18,20,21,22). The molecule has 0 aliphatic carbocycles. The van der Waals surface area contributed by atoms with Gasteiger partial charge in [0.15, 0.2) is 5.76 Å². The Kier molecular flexibility index (Phi) is 3.77. The molecule has 0 aliphatic heterocycles. The van der Waals surface area contributed by atoms with Crippen molar-refractivity contribution in [1.29, 1.82) is 0 Å². The molecule has 3 heterocycles. The lowest BCUT2D eigenvalue weighted by atomic mass is 10.3. The van der Waals surface area contributed by atoms with Gasteiger partial charge in [0.05, 0.1) is 6.26 Å². The second-order valence-corrected chi connectivity index (χ2v) is 5.25. The molecule has 0 aliphatic rings. The Bertz CT molecular complexity index is 1030. The molecule has 0 atom stereocenters. The number of nitrogen functional groups attached to an aromatic ring is 1. The number of rotatable bonds is 4. The summed E-state index contributed by atoms with van der Waals surface area (Å²) in [5, 5.41) is 3.85. The first-order chi connectivity index (χ1) is 12.6. The molecule has 0 amide bonds. The average molecular weight is 353 g/mol. The largest absolute Gasteiger partial charge is 0.459 e. The second kappa shape index (κ2) is 6.24. The molecule has 9 nitrogen and oxygen atoms in total. The molecule has 0 radical (unpaired) electrons. The molecule has 10 heteroatoms. The number of nitrogens with zero attached hydrogens (tertiary/aromatic N) is 6. The van der Waals surface area contributed by atoms with E-state index >= 15 is 0 Å². The van der Waals surface area contributed by atoms with Crippen LogP contribution < -0.4 is 10.6 Å². The number of anilines is 3. The van der Waals surface area contributed by atoms with Gasteiger partial charge in [0, 0.05) is 12.7 Å². The minimum Gasteiger partial charge on any atom is -0.459 e. The number of nitrogens with two attached hydrogens (primary N) is 1. The smallest absolute Gasteiger partial charge is 0.294 e. The zero-order valence-corrected chi connectivity index (χ0v) is 13.5. The molecule has 3 aromatic heterocycles. The second-order valence-electron chi connectivity index (χ2n) is 5.25. The fraction of sp³-hybridized carbons (Fsp3) is 0.0625. The Labute approximate surface area is 146 Å². The molecular weight excluding hydrogens is 341 g/mol. The molecule has 0 fully saturated rings. The highest BCUT2D eigenvalue weighted by molar-refractivity contribution is 5.59. The minimum absolute atomic E-state index is 0.0108. The van der Waals surface area contributed by atoms with Crippen molar-refractivity contribution in [2.75, 3.05) is 17.7 Å². The van der Waals surface area contributed by atoms with E-state index in [-0.39, 0.29) is 35.3 Å². The van der Waals surface area contributed by atoms with Gasteiger partial charge < -0.3 is 19.6 Å². The first-order valence-electron chi connectivity index (χ1n) is 7.49. The van der Waals surface area contributed by atoms with Crippen molar-refractivity contribution in [2.45, 2.75) is 0 Å². The number of halogens is 1. The third-order valence-electron chi connectivity index (χ3n) is 3.51. The van der Waals surface area contributed by atoms with Crippen LogP contribution in [0.4, 0.5) is 22.0 Å². The van der Waals surface area contributed by atoms with E-state index < -0.39 is 0 Å². The monoisotopic (exact) mass is 353 g/mol. The summed E-state index contributed by atoms with van der Waals surface area (Å²) in [6.45, 7) is 0. The summed E-state index contributed by atoms with van der Waals surface area (Å²) in [5.41, 5.74) is 6.46. The molecule has 0 bridgehead atoms. The summed E-state index contributed by atoms with van der Waals surface area (Å²) in [6, 6.07) is 9.26. The van der Waals surface area contributed by atoms with Gasteiger partial charge in [0.25, 0.3) is 5.89 Å². The van der Waals surface area contributed by atoms with Crippen molar-refractivity contribution in [1.82, 2.24) is 25.1 Å². The van der Waals surface area contributed by atoms with E-state index in [1.54, 1.807) is 36.2 Å². The van der Waals surface area contributed by atoms with Crippen LogP contribution in [-0.2, 0) is 0 Å². The van der Waals surface area contributed by atoms with Crippen molar-refractivity contribution < 1.29 is 13.3 Å². The maximum Gasteiger partial charge on any atom is 0.294 e. The maximum atomic E-state index is 13.1. The van der Waals surface area contributed by atoms with Crippen molar-refractivity contribution in [3.8, 4) is 23.3 Å². The molecule has 0 saturated heterocycles. The van der Waals surface area contributed by atoms with Crippen LogP contribution in [0.15, 0.2) is 51.6 Å². The third kappa shape index (κ3) is 2.95. The van der Waals surface area contributed by atoms with Crippen LogP contribution in [0.25, 0.3) is 23.3 Å².